The quantitative estimate of drug-likeness (QED) is 0.555. The van der Waals surface area contributed by atoms with Crippen LogP contribution < -0.4 is 15.5 Å². The van der Waals surface area contributed by atoms with Crippen molar-refractivity contribution < 1.29 is 18.0 Å². The molecule has 2 saturated heterocycles. The van der Waals surface area contributed by atoms with Gasteiger partial charge in [-0.3, -0.25) is 4.79 Å². The predicted molar refractivity (Wildman–Crippen MR) is 128 cm³/mol. The molecule has 7 nitrogen and oxygen atoms in total. The molecular formula is C25H27F3N6O. The average molecular weight is 485 g/mol. The lowest BCUT2D eigenvalue weighted by Crippen LogP contribution is -2.56. The standard InChI is InChI=1S/C25H27F3N6O/c1-15(18-3-2-4-19(23(18)26)24(27)28)31-22-14-30-32-21-6-5-17(11-20(21)22)33-7-9-34(10-8-33)25(35)16-12-29-13-16/h2-6,11,14-16,24,29H,7-10,12-13H2,1H3,(H,31,32)/t15-/m1/s1. The van der Waals surface area contributed by atoms with Crippen molar-refractivity contribution in [1.82, 2.24) is 20.4 Å². The van der Waals surface area contributed by atoms with Gasteiger partial charge in [-0.1, -0.05) is 18.2 Å². The Morgan fingerprint density at radius 1 is 1.11 bits per heavy atom. The number of fused-ring (bicyclic) bond motifs is 1. The lowest BCUT2D eigenvalue weighted by molar-refractivity contribution is -0.137. The second kappa shape index (κ2) is 9.69. The van der Waals surface area contributed by atoms with E-state index >= 15 is 0 Å². The zero-order valence-electron chi connectivity index (χ0n) is 19.3. The number of benzene rings is 2. The fourth-order valence-electron chi connectivity index (χ4n) is 4.65. The number of nitrogens with one attached hydrogen (secondary N) is 2. The highest BCUT2D eigenvalue weighted by atomic mass is 19.3. The third kappa shape index (κ3) is 4.62. The lowest BCUT2D eigenvalue weighted by atomic mass is 10.0. The van der Waals surface area contributed by atoms with E-state index in [4.69, 9.17) is 0 Å². The molecule has 2 aliphatic rings. The van der Waals surface area contributed by atoms with Gasteiger partial charge in [0, 0.05) is 55.9 Å². The number of aromatic nitrogens is 2. The molecular weight excluding hydrogens is 457 g/mol. The van der Waals surface area contributed by atoms with Crippen LogP contribution in [0.3, 0.4) is 0 Å². The fourth-order valence-corrected chi connectivity index (χ4v) is 4.65. The molecule has 1 aromatic heterocycles. The van der Waals surface area contributed by atoms with Gasteiger partial charge in [-0.05, 0) is 25.1 Å². The summed E-state index contributed by atoms with van der Waals surface area (Å²) >= 11 is 0. The van der Waals surface area contributed by atoms with Crippen LogP contribution in [-0.2, 0) is 4.79 Å². The van der Waals surface area contributed by atoms with E-state index in [0.717, 1.165) is 43.3 Å². The van der Waals surface area contributed by atoms with Crippen molar-refractivity contribution in [3.8, 4) is 0 Å². The SMILES string of the molecule is C[C@@H](Nc1cnnc2ccc(N3CCN(C(=O)C4CNC4)CC3)cc12)c1cccc(C(F)F)c1F. The molecule has 10 heteroatoms. The Kier molecular flexibility index (Phi) is 6.46. The molecule has 0 saturated carbocycles. The monoisotopic (exact) mass is 484 g/mol. The number of carbonyl (C=O) groups is 1. The third-order valence-electron chi connectivity index (χ3n) is 6.84. The number of alkyl halides is 2. The summed E-state index contributed by atoms with van der Waals surface area (Å²) in [5.74, 6) is -0.581. The second-order valence-corrected chi connectivity index (χ2v) is 9.04. The van der Waals surface area contributed by atoms with Gasteiger partial charge in [0.25, 0.3) is 6.43 Å². The van der Waals surface area contributed by atoms with Crippen LogP contribution in [0.15, 0.2) is 42.6 Å². The summed E-state index contributed by atoms with van der Waals surface area (Å²) in [6.07, 6.45) is -1.32. The Bertz CT molecular complexity index is 1230. The van der Waals surface area contributed by atoms with Gasteiger partial charge in [-0.25, -0.2) is 13.2 Å². The number of hydrogen-bond donors (Lipinski definition) is 2. The van der Waals surface area contributed by atoms with Crippen molar-refractivity contribution in [2.24, 2.45) is 5.92 Å². The highest BCUT2D eigenvalue weighted by molar-refractivity contribution is 5.93. The van der Waals surface area contributed by atoms with Gasteiger partial charge in [0.1, 0.15) is 5.82 Å². The molecule has 0 bridgehead atoms. The average Bonchev–Trinajstić information content (AvgIpc) is 2.83. The lowest BCUT2D eigenvalue weighted by Gasteiger charge is -2.39. The van der Waals surface area contributed by atoms with Crippen LogP contribution in [0.1, 0.15) is 30.5 Å². The number of rotatable bonds is 6. The molecule has 2 aliphatic heterocycles. The number of piperazine rings is 1. The van der Waals surface area contributed by atoms with Gasteiger partial charge in [0.15, 0.2) is 0 Å². The first-order valence-electron chi connectivity index (χ1n) is 11.7. The summed E-state index contributed by atoms with van der Waals surface area (Å²) in [7, 11) is 0. The maximum absolute atomic E-state index is 14.7. The van der Waals surface area contributed by atoms with Crippen molar-refractivity contribution in [3.63, 3.8) is 0 Å². The highest BCUT2D eigenvalue weighted by Crippen LogP contribution is 2.32. The number of carbonyl (C=O) groups excluding carboxylic acids is 1. The highest BCUT2D eigenvalue weighted by Gasteiger charge is 2.31. The van der Waals surface area contributed by atoms with Gasteiger partial charge in [-0.2, -0.15) is 10.2 Å². The molecule has 0 radical (unpaired) electrons. The summed E-state index contributed by atoms with van der Waals surface area (Å²) in [5.41, 5.74) is 1.84. The van der Waals surface area contributed by atoms with Crippen LogP contribution in [0.5, 0.6) is 0 Å². The maximum atomic E-state index is 14.7. The molecule has 0 aliphatic carbocycles. The first-order valence-corrected chi connectivity index (χ1v) is 11.7. The molecule has 1 amide bonds. The minimum Gasteiger partial charge on any atom is -0.377 e. The number of amides is 1. The number of hydrogen-bond acceptors (Lipinski definition) is 6. The molecule has 0 unspecified atom stereocenters. The molecule has 184 valence electrons. The predicted octanol–water partition coefficient (Wildman–Crippen LogP) is 3.75. The minimum atomic E-state index is -2.88. The summed E-state index contributed by atoms with van der Waals surface area (Å²) in [6.45, 7) is 6.03. The summed E-state index contributed by atoms with van der Waals surface area (Å²) < 4.78 is 41.0. The Morgan fingerprint density at radius 2 is 1.86 bits per heavy atom. The molecule has 0 spiro atoms. The molecule has 2 N–H and O–H groups in total. The van der Waals surface area contributed by atoms with E-state index in [1.54, 1.807) is 13.1 Å². The fraction of sp³-hybridized carbons (Fsp3) is 0.400. The molecule has 2 aromatic carbocycles. The Balaban J connectivity index is 1.34. The number of anilines is 2. The molecule has 3 heterocycles. The van der Waals surface area contributed by atoms with Crippen LogP contribution in [0, 0.1) is 11.7 Å². The van der Waals surface area contributed by atoms with E-state index < -0.39 is 23.8 Å². The minimum absolute atomic E-state index is 0.0997. The van der Waals surface area contributed by atoms with E-state index in [9.17, 15) is 18.0 Å². The van der Waals surface area contributed by atoms with Crippen LogP contribution in [0.2, 0.25) is 0 Å². The Morgan fingerprint density at radius 3 is 2.54 bits per heavy atom. The van der Waals surface area contributed by atoms with E-state index in [1.807, 2.05) is 23.1 Å². The summed E-state index contributed by atoms with van der Waals surface area (Å²) in [4.78, 5) is 16.7. The first-order chi connectivity index (χ1) is 16.9. The van der Waals surface area contributed by atoms with Crippen LogP contribution >= 0.6 is 0 Å². The third-order valence-corrected chi connectivity index (χ3v) is 6.84. The second-order valence-electron chi connectivity index (χ2n) is 9.04. The van der Waals surface area contributed by atoms with Crippen LogP contribution in [0.25, 0.3) is 10.9 Å². The van der Waals surface area contributed by atoms with Crippen molar-refractivity contribution in [3.05, 3.63) is 59.5 Å². The normalized spacial score (nSPS) is 17.5. The molecule has 1 atom stereocenters. The van der Waals surface area contributed by atoms with Gasteiger partial charge in [0.05, 0.1) is 34.9 Å². The molecule has 3 aromatic rings. The summed E-state index contributed by atoms with van der Waals surface area (Å²) in [6, 6.07) is 9.32. The maximum Gasteiger partial charge on any atom is 0.266 e. The van der Waals surface area contributed by atoms with E-state index in [1.165, 1.54) is 12.1 Å². The van der Waals surface area contributed by atoms with Crippen LogP contribution in [-0.4, -0.2) is 60.3 Å². The number of nitrogens with zero attached hydrogens (tertiary/aromatic N) is 4. The van der Waals surface area contributed by atoms with E-state index in [0.29, 0.717) is 24.3 Å². The van der Waals surface area contributed by atoms with Crippen LogP contribution in [0.4, 0.5) is 24.5 Å². The van der Waals surface area contributed by atoms with Crippen molar-refractivity contribution in [1.29, 1.82) is 0 Å². The Labute approximate surface area is 201 Å². The topological polar surface area (TPSA) is 73.4 Å². The largest absolute Gasteiger partial charge is 0.377 e. The van der Waals surface area contributed by atoms with E-state index in [2.05, 4.69) is 25.7 Å². The summed E-state index contributed by atoms with van der Waals surface area (Å²) in [5, 5.41) is 15.4. The number of halogens is 3. The van der Waals surface area contributed by atoms with Crippen molar-refractivity contribution >= 4 is 28.2 Å². The Hall–Kier alpha value is -3.40. The van der Waals surface area contributed by atoms with Crippen molar-refractivity contribution in [2.75, 3.05) is 49.5 Å². The first kappa shape index (κ1) is 23.3. The molecule has 5 rings (SSSR count). The molecule has 2 fully saturated rings. The zero-order valence-corrected chi connectivity index (χ0v) is 19.3. The van der Waals surface area contributed by atoms with E-state index in [-0.39, 0.29) is 17.4 Å². The van der Waals surface area contributed by atoms with Crippen molar-refractivity contribution in [2.45, 2.75) is 19.4 Å². The van der Waals surface area contributed by atoms with Gasteiger partial charge >= 0.3 is 0 Å². The van der Waals surface area contributed by atoms with Gasteiger partial charge < -0.3 is 20.4 Å². The molecule has 35 heavy (non-hydrogen) atoms. The van der Waals surface area contributed by atoms with Gasteiger partial charge in [0.2, 0.25) is 5.91 Å². The zero-order chi connectivity index (χ0) is 24.5. The van der Waals surface area contributed by atoms with Gasteiger partial charge in [-0.15, -0.1) is 0 Å². The smallest absolute Gasteiger partial charge is 0.266 e.